The van der Waals surface area contributed by atoms with Gasteiger partial charge in [-0.1, -0.05) is 20.8 Å². The van der Waals surface area contributed by atoms with E-state index >= 15 is 0 Å². The van der Waals surface area contributed by atoms with Crippen LogP contribution >= 0.6 is 0 Å². The number of nitrogens with zero attached hydrogens (tertiary/aromatic N) is 2. The summed E-state index contributed by atoms with van der Waals surface area (Å²) in [6.45, 7) is 14.4. The van der Waals surface area contributed by atoms with Gasteiger partial charge in [-0.2, -0.15) is 4.99 Å². The molecule has 0 bridgehead atoms. The van der Waals surface area contributed by atoms with Gasteiger partial charge < -0.3 is 9.33 Å². The van der Waals surface area contributed by atoms with E-state index in [1.165, 1.54) is 0 Å². The molecule has 0 saturated carbocycles. The van der Waals surface area contributed by atoms with Crippen molar-refractivity contribution < 1.29 is 9.22 Å². The number of rotatable bonds is 3. The number of aliphatic imine (C=N–C) groups is 1. The summed E-state index contributed by atoms with van der Waals surface area (Å²) in [4.78, 5) is 17.8. The summed E-state index contributed by atoms with van der Waals surface area (Å²) in [7, 11) is 1.82. The van der Waals surface area contributed by atoms with Crippen LogP contribution in [0.2, 0.25) is 18.1 Å². The molecule has 0 unspecified atom stereocenters. The molecule has 0 aromatic heterocycles. The van der Waals surface area contributed by atoms with Crippen molar-refractivity contribution in [2.45, 2.75) is 58.9 Å². The number of amidine groups is 1. The minimum Gasteiger partial charge on any atom is -0.405 e. The zero-order valence-corrected chi connectivity index (χ0v) is 14.3. The fourth-order valence-corrected chi connectivity index (χ4v) is 2.36. The lowest BCUT2D eigenvalue weighted by molar-refractivity contribution is -0.124. The number of carbonyl (C=O) groups excluding carboxylic acids is 1. The maximum Gasteiger partial charge on any atom is 0.274 e. The molecule has 0 aliphatic rings. The summed E-state index contributed by atoms with van der Waals surface area (Å²) in [6.07, 6.45) is -0.471. The highest BCUT2D eigenvalue weighted by Crippen LogP contribution is 2.37. The Morgan fingerprint density at radius 3 is 2.06 bits per heavy atom. The van der Waals surface area contributed by atoms with Crippen LogP contribution in [0.25, 0.3) is 0 Å². The van der Waals surface area contributed by atoms with Crippen molar-refractivity contribution in [1.82, 2.24) is 4.90 Å². The second-order valence-electron chi connectivity index (χ2n) is 6.41. The summed E-state index contributed by atoms with van der Waals surface area (Å²) in [5.74, 6) is 0.497. The molecule has 1 atom stereocenters. The smallest absolute Gasteiger partial charge is 0.274 e. The monoisotopic (exact) mass is 272 g/mol. The second-order valence-corrected chi connectivity index (χ2v) is 11.2. The van der Waals surface area contributed by atoms with Crippen LogP contribution in [0.3, 0.4) is 0 Å². The van der Waals surface area contributed by atoms with Gasteiger partial charge in [0.25, 0.3) is 5.91 Å². The van der Waals surface area contributed by atoms with E-state index in [0.717, 1.165) is 0 Å². The van der Waals surface area contributed by atoms with E-state index in [9.17, 15) is 4.79 Å². The Balaban J connectivity index is 4.75. The first-order valence-corrected chi connectivity index (χ1v) is 9.23. The van der Waals surface area contributed by atoms with E-state index < -0.39 is 14.4 Å². The Kier molecular flexibility index (Phi) is 5.75. The highest BCUT2D eigenvalue weighted by atomic mass is 28.4. The summed E-state index contributed by atoms with van der Waals surface area (Å²) < 4.78 is 6.01. The molecular weight excluding hydrogens is 244 g/mol. The molecule has 0 heterocycles. The highest BCUT2D eigenvalue weighted by Gasteiger charge is 2.39. The number of hydrogen-bond acceptors (Lipinski definition) is 2. The van der Waals surface area contributed by atoms with Crippen molar-refractivity contribution in [1.29, 1.82) is 0 Å². The third-order valence-corrected chi connectivity index (χ3v) is 8.10. The molecule has 18 heavy (non-hydrogen) atoms. The molecule has 0 rings (SSSR count). The van der Waals surface area contributed by atoms with Gasteiger partial charge in [-0.15, -0.1) is 0 Å². The van der Waals surface area contributed by atoms with Crippen molar-refractivity contribution in [2.24, 2.45) is 4.99 Å². The van der Waals surface area contributed by atoms with Crippen LogP contribution in [0.1, 0.15) is 34.6 Å². The standard InChI is InChI=1S/C13H28N2O2Si/c1-10(12(16)14-11(2)15(6)7)17-18(8,9)13(3,4)5/h10H,1-9H3/t10-/m1/s1. The van der Waals surface area contributed by atoms with Gasteiger partial charge in [0.1, 0.15) is 11.9 Å². The van der Waals surface area contributed by atoms with Crippen molar-refractivity contribution in [3.05, 3.63) is 0 Å². The number of carbonyl (C=O) groups is 1. The SMILES string of the molecule is CC(=NC(=O)[C@@H](C)O[Si](C)(C)C(C)(C)C)N(C)C. The number of amides is 1. The molecule has 106 valence electrons. The molecule has 0 aliphatic carbocycles. The normalized spacial score (nSPS) is 15.5. The van der Waals surface area contributed by atoms with Crippen molar-refractivity contribution in [3.63, 3.8) is 0 Å². The molecule has 0 radical (unpaired) electrons. The first kappa shape index (κ1) is 17.3. The molecular formula is C13H28N2O2Si. The Bertz CT molecular complexity index is 330. The first-order valence-electron chi connectivity index (χ1n) is 6.33. The molecule has 0 N–H and O–H groups in total. The van der Waals surface area contributed by atoms with Gasteiger partial charge in [-0.3, -0.25) is 4.79 Å². The molecule has 0 aliphatic heterocycles. The summed E-state index contributed by atoms with van der Waals surface area (Å²) in [5, 5.41) is 0.0991. The van der Waals surface area contributed by atoms with E-state index in [1.54, 1.807) is 6.92 Å². The third-order valence-electron chi connectivity index (χ3n) is 3.54. The molecule has 0 fully saturated rings. The van der Waals surface area contributed by atoms with Crippen molar-refractivity contribution in [2.75, 3.05) is 14.1 Å². The summed E-state index contributed by atoms with van der Waals surface area (Å²) in [5.41, 5.74) is 0. The first-order chi connectivity index (χ1) is 7.88. The van der Waals surface area contributed by atoms with Gasteiger partial charge in [0, 0.05) is 14.1 Å². The van der Waals surface area contributed by atoms with Crippen LogP contribution in [0.4, 0.5) is 0 Å². The minimum absolute atomic E-state index is 0.0991. The van der Waals surface area contributed by atoms with E-state index in [2.05, 4.69) is 38.9 Å². The lowest BCUT2D eigenvalue weighted by Gasteiger charge is -2.37. The predicted molar refractivity (Wildman–Crippen MR) is 79.5 cm³/mol. The van der Waals surface area contributed by atoms with Crippen molar-refractivity contribution in [3.8, 4) is 0 Å². The predicted octanol–water partition coefficient (Wildman–Crippen LogP) is 2.90. The number of hydrogen-bond donors (Lipinski definition) is 0. The maximum absolute atomic E-state index is 11.9. The fourth-order valence-electron chi connectivity index (χ4n) is 1.02. The van der Waals surface area contributed by atoms with E-state index in [0.29, 0.717) is 5.84 Å². The quantitative estimate of drug-likeness (QED) is 0.451. The molecule has 0 aromatic rings. The molecule has 4 nitrogen and oxygen atoms in total. The molecule has 0 spiro atoms. The van der Waals surface area contributed by atoms with Crippen LogP contribution in [-0.2, 0) is 9.22 Å². The Labute approximate surface area is 113 Å². The van der Waals surface area contributed by atoms with E-state index in [1.807, 2.05) is 25.9 Å². The van der Waals surface area contributed by atoms with Gasteiger partial charge in [0.15, 0.2) is 8.32 Å². The third kappa shape index (κ3) is 4.90. The molecule has 0 saturated heterocycles. The Morgan fingerprint density at radius 2 is 1.72 bits per heavy atom. The Morgan fingerprint density at radius 1 is 1.28 bits per heavy atom. The van der Waals surface area contributed by atoms with Gasteiger partial charge in [0.2, 0.25) is 0 Å². The average Bonchev–Trinajstić information content (AvgIpc) is 2.14. The fraction of sp³-hybridized carbons (Fsp3) is 0.846. The van der Waals surface area contributed by atoms with Crippen molar-refractivity contribution >= 4 is 20.1 Å². The topological polar surface area (TPSA) is 41.9 Å². The minimum atomic E-state index is -1.91. The van der Waals surface area contributed by atoms with Gasteiger partial charge in [-0.05, 0) is 32.0 Å². The maximum atomic E-state index is 11.9. The lowest BCUT2D eigenvalue weighted by Crippen LogP contribution is -2.45. The average molecular weight is 272 g/mol. The van der Waals surface area contributed by atoms with Crippen LogP contribution in [-0.4, -0.2) is 45.2 Å². The zero-order valence-electron chi connectivity index (χ0n) is 13.3. The van der Waals surface area contributed by atoms with E-state index in [4.69, 9.17) is 4.43 Å². The van der Waals surface area contributed by atoms with Gasteiger partial charge in [-0.25, -0.2) is 0 Å². The zero-order chi connectivity index (χ0) is 14.7. The van der Waals surface area contributed by atoms with E-state index in [-0.39, 0.29) is 10.9 Å². The highest BCUT2D eigenvalue weighted by molar-refractivity contribution is 6.74. The van der Waals surface area contributed by atoms with Crippen LogP contribution in [0, 0.1) is 0 Å². The molecule has 1 amide bonds. The Hall–Kier alpha value is -0.683. The molecule has 0 aromatic carbocycles. The second kappa shape index (κ2) is 5.97. The van der Waals surface area contributed by atoms with Crippen LogP contribution in [0.5, 0.6) is 0 Å². The lowest BCUT2D eigenvalue weighted by atomic mass is 10.2. The van der Waals surface area contributed by atoms with Gasteiger partial charge in [0.05, 0.1) is 0 Å². The van der Waals surface area contributed by atoms with Crippen LogP contribution < -0.4 is 0 Å². The molecule has 5 heteroatoms. The van der Waals surface area contributed by atoms with Crippen LogP contribution in [0.15, 0.2) is 4.99 Å². The summed E-state index contributed by atoms with van der Waals surface area (Å²) >= 11 is 0. The largest absolute Gasteiger partial charge is 0.405 e. The summed E-state index contributed by atoms with van der Waals surface area (Å²) in [6, 6.07) is 0. The van der Waals surface area contributed by atoms with Gasteiger partial charge >= 0.3 is 0 Å².